The molecule has 0 saturated heterocycles. The van der Waals surface area contributed by atoms with Gasteiger partial charge in [0.25, 0.3) is 6.23 Å². The summed E-state index contributed by atoms with van der Waals surface area (Å²) >= 11 is 0. The molecule has 2 nitrogen and oxygen atoms in total. The second-order valence-corrected chi connectivity index (χ2v) is 5.46. The van der Waals surface area contributed by atoms with Gasteiger partial charge in [-0.05, 0) is 26.0 Å². The molecular weight excluding hydrogens is 246 g/mol. The van der Waals surface area contributed by atoms with Gasteiger partial charge in [-0.25, -0.2) is 0 Å². The van der Waals surface area contributed by atoms with Crippen LogP contribution in [0.4, 0.5) is 5.69 Å². The van der Waals surface area contributed by atoms with Gasteiger partial charge in [-0.15, -0.1) is 0 Å². The largest absolute Gasteiger partial charge is 0.433 e. The van der Waals surface area contributed by atoms with Gasteiger partial charge in [-0.1, -0.05) is 29.8 Å². The number of fused-ring (bicyclic) bond motifs is 1. The highest BCUT2D eigenvalue weighted by Crippen LogP contribution is 2.30. The van der Waals surface area contributed by atoms with E-state index in [2.05, 4.69) is 74.7 Å². The lowest BCUT2D eigenvalue weighted by molar-refractivity contribution is -0.527. The molecule has 0 amide bonds. The van der Waals surface area contributed by atoms with Gasteiger partial charge in [0.05, 0.1) is 5.56 Å². The predicted molar refractivity (Wildman–Crippen MR) is 82.2 cm³/mol. The van der Waals surface area contributed by atoms with Crippen LogP contribution in [0.25, 0.3) is 0 Å². The fraction of sp³-hybridized carbons (Fsp3) is 0.278. The molecule has 1 unspecified atom stereocenters. The summed E-state index contributed by atoms with van der Waals surface area (Å²) in [5.74, 6) is 0.977. The second kappa shape index (κ2) is 4.78. The Hall–Kier alpha value is -2.09. The molecule has 0 fully saturated rings. The minimum atomic E-state index is 0.00584. The number of rotatable bonds is 1. The van der Waals surface area contributed by atoms with E-state index < -0.39 is 0 Å². The lowest BCUT2D eigenvalue weighted by atomic mass is 10.0. The normalized spacial score (nSPS) is 17.7. The van der Waals surface area contributed by atoms with E-state index in [1.54, 1.807) is 0 Å². The highest BCUT2D eigenvalue weighted by molar-refractivity contribution is 5.99. The lowest BCUT2D eigenvalue weighted by Gasteiger charge is -2.23. The molecule has 2 aromatic rings. The molecule has 1 aliphatic heterocycles. The monoisotopic (exact) mass is 266 g/mol. The first-order valence-electron chi connectivity index (χ1n) is 7.04. The third kappa shape index (κ3) is 2.01. The third-order valence-corrected chi connectivity index (χ3v) is 3.92. The van der Waals surface area contributed by atoms with Crippen molar-refractivity contribution in [2.45, 2.75) is 33.9 Å². The van der Waals surface area contributed by atoms with Gasteiger partial charge in [0.15, 0.2) is 5.71 Å². The summed E-state index contributed by atoms with van der Waals surface area (Å²) < 4.78 is 8.36. The molecule has 20 heavy (non-hydrogen) atoms. The summed E-state index contributed by atoms with van der Waals surface area (Å²) in [6.45, 7) is 8.52. The van der Waals surface area contributed by atoms with E-state index in [4.69, 9.17) is 4.74 Å². The Kier molecular flexibility index (Phi) is 3.09. The lowest BCUT2D eigenvalue weighted by Crippen LogP contribution is -2.35. The average molecular weight is 266 g/mol. The van der Waals surface area contributed by atoms with Crippen LogP contribution >= 0.6 is 0 Å². The summed E-state index contributed by atoms with van der Waals surface area (Å²) in [5.41, 5.74) is 6.16. The van der Waals surface area contributed by atoms with Crippen LogP contribution in [0, 0.1) is 13.8 Å². The number of aryl methyl sites for hydroxylation is 2. The van der Waals surface area contributed by atoms with Crippen molar-refractivity contribution in [1.29, 1.82) is 0 Å². The fourth-order valence-electron chi connectivity index (χ4n) is 2.88. The third-order valence-electron chi connectivity index (χ3n) is 3.92. The molecular formula is C18H20NO+. The van der Waals surface area contributed by atoms with Gasteiger partial charge in [0, 0.05) is 25.5 Å². The van der Waals surface area contributed by atoms with Crippen molar-refractivity contribution >= 4 is 11.4 Å². The van der Waals surface area contributed by atoms with Crippen LogP contribution in [0.15, 0.2) is 42.5 Å². The number of benzene rings is 2. The van der Waals surface area contributed by atoms with E-state index >= 15 is 0 Å². The first-order chi connectivity index (χ1) is 9.58. The van der Waals surface area contributed by atoms with Crippen LogP contribution in [-0.2, 0) is 0 Å². The van der Waals surface area contributed by atoms with E-state index in [1.165, 1.54) is 28.1 Å². The topological polar surface area (TPSA) is 12.2 Å². The zero-order chi connectivity index (χ0) is 14.3. The van der Waals surface area contributed by atoms with Crippen molar-refractivity contribution in [3.05, 3.63) is 59.2 Å². The molecule has 2 aromatic carbocycles. The molecule has 0 radical (unpaired) electrons. The number of hydrogen-bond acceptors (Lipinski definition) is 1. The summed E-state index contributed by atoms with van der Waals surface area (Å²) in [6.07, 6.45) is 0.00584. The Morgan fingerprint density at radius 3 is 2.50 bits per heavy atom. The average Bonchev–Trinajstić information content (AvgIpc) is 2.42. The van der Waals surface area contributed by atoms with E-state index in [1.807, 2.05) is 0 Å². The molecule has 3 rings (SSSR count). The molecule has 1 atom stereocenters. The van der Waals surface area contributed by atoms with Gasteiger partial charge in [-0.2, -0.15) is 4.58 Å². The number of para-hydroxylation sites is 1. The fourth-order valence-corrected chi connectivity index (χ4v) is 2.88. The van der Waals surface area contributed by atoms with Crippen LogP contribution in [0.2, 0.25) is 0 Å². The Bertz CT molecular complexity index is 700. The van der Waals surface area contributed by atoms with Crippen LogP contribution in [0.1, 0.15) is 30.5 Å². The van der Waals surface area contributed by atoms with E-state index in [9.17, 15) is 0 Å². The standard InChI is InChI=1S/C18H20NO/c1-12-9-10-18-16(11-12)14(3)19(15(4)20-18)17-8-6-5-7-13(17)2/h5-11,15H,1-4H3/q+1. The maximum absolute atomic E-state index is 6.08. The Morgan fingerprint density at radius 1 is 1.00 bits per heavy atom. The van der Waals surface area contributed by atoms with E-state index in [0.29, 0.717) is 0 Å². The SMILES string of the molecule is CC1=[N+](c2ccccc2C)C(C)Oc2ccc(C)cc21. The zero-order valence-electron chi connectivity index (χ0n) is 12.5. The number of hydrogen-bond donors (Lipinski definition) is 0. The maximum atomic E-state index is 6.08. The van der Waals surface area contributed by atoms with Crippen molar-refractivity contribution < 1.29 is 9.31 Å². The molecule has 102 valence electrons. The van der Waals surface area contributed by atoms with Crippen LogP contribution in [0.5, 0.6) is 5.75 Å². The molecule has 1 aliphatic rings. The van der Waals surface area contributed by atoms with Crippen molar-refractivity contribution in [3.8, 4) is 5.75 Å². The molecule has 0 N–H and O–H groups in total. The Morgan fingerprint density at radius 2 is 1.75 bits per heavy atom. The molecule has 0 aromatic heterocycles. The van der Waals surface area contributed by atoms with Crippen molar-refractivity contribution in [3.63, 3.8) is 0 Å². The highest BCUT2D eigenvalue weighted by Gasteiger charge is 2.32. The molecule has 2 heteroatoms. The predicted octanol–water partition coefficient (Wildman–Crippen LogP) is 4.20. The minimum absolute atomic E-state index is 0.00584. The minimum Gasteiger partial charge on any atom is -0.433 e. The molecule has 1 heterocycles. The van der Waals surface area contributed by atoms with Crippen molar-refractivity contribution in [1.82, 2.24) is 0 Å². The number of ether oxygens (including phenoxy) is 1. The van der Waals surface area contributed by atoms with Gasteiger partial charge in [0.1, 0.15) is 5.75 Å². The summed E-state index contributed by atoms with van der Waals surface area (Å²) in [7, 11) is 0. The molecule has 0 saturated carbocycles. The molecule has 0 spiro atoms. The van der Waals surface area contributed by atoms with Gasteiger partial charge < -0.3 is 4.74 Å². The van der Waals surface area contributed by atoms with Crippen LogP contribution < -0.4 is 4.74 Å². The first kappa shape index (κ1) is 12.9. The molecule has 0 aliphatic carbocycles. The Balaban J connectivity index is 2.24. The smallest absolute Gasteiger partial charge is 0.299 e. The van der Waals surface area contributed by atoms with Crippen molar-refractivity contribution in [2.24, 2.45) is 0 Å². The van der Waals surface area contributed by atoms with Gasteiger partial charge in [0.2, 0.25) is 5.69 Å². The van der Waals surface area contributed by atoms with E-state index in [0.717, 1.165) is 5.75 Å². The van der Waals surface area contributed by atoms with Gasteiger partial charge in [-0.3, -0.25) is 0 Å². The quantitative estimate of drug-likeness (QED) is 0.705. The highest BCUT2D eigenvalue weighted by atomic mass is 16.5. The van der Waals surface area contributed by atoms with Crippen molar-refractivity contribution in [2.75, 3.05) is 0 Å². The molecule has 0 bridgehead atoms. The zero-order valence-corrected chi connectivity index (χ0v) is 12.5. The summed E-state index contributed by atoms with van der Waals surface area (Å²) in [4.78, 5) is 0. The second-order valence-electron chi connectivity index (χ2n) is 5.46. The number of nitrogens with zero attached hydrogens (tertiary/aromatic N) is 1. The Labute approximate surface area is 120 Å². The first-order valence-corrected chi connectivity index (χ1v) is 7.04. The maximum Gasteiger partial charge on any atom is 0.299 e. The van der Waals surface area contributed by atoms with Gasteiger partial charge >= 0.3 is 0 Å². The van der Waals surface area contributed by atoms with Crippen LogP contribution in [-0.4, -0.2) is 16.5 Å². The summed E-state index contributed by atoms with van der Waals surface area (Å²) in [5, 5.41) is 0. The summed E-state index contributed by atoms with van der Waals surface area (Å²) in [6, 6.07) is 14.8. The van der Waals surface area contributed by atoms with Crippen LogP contribution in [0.3, 0.4) is 0 Å². The van der Waals surface area contributed by atoms with E-state index in [-0.39, 0.29) is 6.23 Å².